The van der Waals surface area contributed by atoms with Gasteiger partial charge < -0.3 is 19.1 Å². The molecule has 0 aliphatic carbocycles. The number of esters is 1. The molecule has 2 aliphatic heterocycles. The van der Waals surface area contributed by atoms with Gasteiger partial charge in [-0.3, -0.25) is 0 Å². The monoisotopic (exact) mass is 448 g/mol. The van der Waals surface area contributed by atoms with Crippen LogP contribution >= 0.6 is 11.5 Å². The van der Waals surface area contributed by atoms with Crippen LogP contribution in [-0.2, 0) is 25.2 Å². The third-order valence-electron chi connectivity index (χ3n) is 4.40. The Labute approximate surface area is 175 Å². The molecule has 0 aromatic carbocycles. The van der Waals surface area contributed by atoms with Gasteiger partial charge in [-0.15, -0.1) is 0 Å². The number of ether oxygens (including phenoxy) is 3. The summed E-state index contributed by atoms with van der Waals surface area (Å²) in [7, 11) is 0. The second-order valence-corrected chi connectivity index (χ2v) is 9.39. The highest BCUT2D eigenvalue weighted by molar-refractivity contribution is 7.06. The van der Waals surface area contributed by atoms with E-state index in [2.05, 4.69) is 4.37 Å². The molecule has 1 amide bonds. The average molecular weight is 448 g/mol. The number of alkyl halides is 3. The molecule has 1 atom stereocenters. The Morgan fingerprint density at radius 2 is 1.97 bits per heavy atom. The lowest BCUT2D eigenvalue weighted by Crippen LogP contribution is -2.35. The molecule has 0 N–H and O–H groups in total. The van der Waals surface area contributed by atoms with Gasteiger partial charge in [0.1, 0.15) is 16.2 Å². The molecule has 7 nitrogen and oxygen atoms in total. The van der Waals surface area contributed by atoms with E-state index in [1.165, 1.54) is 18.7 Å². The summed E-state index contributed by atoms with van der Waals surface area (Å²) in [5, 5.41) is 0. The first-order chi connectivity index (χ1) is 13.7. The Balaban J connectivity index is 1.95. The second-order valence-electron chi connectivity index (χ2n) is 8.61. The van der Waals surface area contributed by atoms with Crippen LogP contribution in [0.25, 0.3) is 5.76 Å². The standard InChI is InChI=1S/C19H23F3N2O5S/c1-17(2,3)29-16(26)24-7-6-10(9-24)14-13(15(30-23-14)19(20,21)22)11-8-12(25)28-18(4,5)27-11/h8,10H,6-7,9H2,1-5H3. The van der Waals surface area contributed by atoms with E-state index >= 15 is 0 Å². The van der Waals surface area contributed by atoms with Crippen LogP contribution in [0.3, 0.4) is 0 Å². The minimum absolute atomic E-state index is 0.148. The molecule has 11 heteroatoms. The van der Waals surface area contributed by atoms with Gasteiger partial charge in [0.25, 0.3) is 0 Å². The summed E-state index contributed by atoms with van der Waals surface area (Å²) < 4.78 is 60.9. The van der Waals surface area contributed by atoms with Crippen molar-refractivity contribution in [3.63, 3.8) is 0 Å². The average Bonchev–Trinajstić information content (AvgIpc) is 3.17. The van der Waals surface area contributed by atoms with Crippen molar-refractivity contribution in [1.29, 1.82) is 0 Å². The van der Waals surface area contributed by atoms with Gasteiger partial charge in [-0.2, -0.15) is 17.5 Å². The normalized spacial score (nSPS) is 21.7. The molecule has 1 saturated heterocycles. The molecule has 0 radical (unpaired) electrons. The SMILES string of the molecule is CC(C)(C)OC(=O)N1CCC(c2nsc(C(F)(F)F)c2C2=CC(=O)OC(C)(C)O2)C1. The van der Waals surface area contributed by atoms with Crippen molar-refractivity contribution in [3.8, 4) is 0 Å². The van der Waals surface area contributed by atoms with E-state index in [0.29, 0.717) is 24.5 Å². The van der Waals surface area contributed by atoms with Gasteiger partial charge in [0.2, 0.25) is 5.79 Å². The van der Waals surface area contributed by atoms with Crippen LogP contribution < -0.4 is 0 Å². The highest BCUT2D eigenvalue weighted by Crippen LogP contribution is 2.45. The number of likely N-dealkylation sites (tertiary alicyclic amines) is 1. The highest BCUT2D eigenvalue weighted by atomic mass is 32.1. The maximum atomic E-state index is 13.7. The van der Waals surface area contributed by atoms with E-state index in [-0.39, 0.29) is 23.6 Å². The topological polar surface area (TPSA) is 78.0 Å². The predicted molar refractivity (Wildman–Crippen MR) is 102 cm³/mol. The summed E-state index contributed by atoms with van der Waals surface area (Å²) in [6.07, 6.45) is -3.90. The van der Waals surface area contributed by atoms with Crippen LogP contribution in [0.2, 0.25) is 0 Å². The van der Waals surface area contributed by atoms with Crippen LogP contribution in [-0.4, -0.2) is 45.8 Å². The van der Waals surface area contributed by atoms with Crippen LogP contribution in [0.1, 0.15) is 63.1 Å². The van der Waals surface area contributed by atoms with Gasteiger partial charge in [0, 0.05) is 32.9 Å². The third kappa shape index (κ3) is 4.88. The van der Waals surface area contributed by atoms with E-state index in [9.17, 15) is 22.8 Å². The number of carbonyl (C=O) groups is 2. The Bertz CT molecular complexity index is 886. The molecule has 1 aromatic heterocycles. The summed E-state index contributed by atoms with van der Waals surface area (Å²) in [4.78, 5) is 24.7. The van der Waals surface area contributed by atoms with E-state index < -0.39 is 40.4 Å². The lowest BCUT2D eigenvalue weighted by Gasteiger charge is -2.31. The number of nitrogens with zero attached hydrogens (tertiary/aromatic N) is 2. The summed E-state index contributed by atoms with van der Waals surface area (Å²) >= 11 is 0.302. The zero-order valence-electron chi connectivity index (χ0n) is 17.3. The van der Waals surface area contributed by atoms with E-state index in [0.717, 1.165) is 6.08 Å². The first-order valence-corrected chi connectivity index (χ1v) is 10.1. The number of halogens is 3. The van der Waals surface area contributed by atoms with Crippen LogP contribution in [0.5, 0.6) is 0 Å². The summed E-state index contributed by atoms with van der Waals surface area (Å²) in [6.45, 7) is 8.56. The van der Waals surface area contributed by atoms with Gasteiger partial charge in [0.05, 0.1) is 17.3 Å². The fourth-order valence-corrected chi connectivity index (χ4v) is 4.14. The molecule has 1 fully saturated rings. The van der Waals surface area contributed by atoms with Gasteiger partial charge in [-0.05, 0) is 38.7 Å². The minimum atomic E-state index is -4.68. The zero-order chi connectivity index (χ0) is 22.5. The van der Waals surface area contributed by atoms with Crippen molar-refractivity contribution in [2.24, 2.45) is 0 Å². The number of carbonyl (C=O) groups excluding carboxylic acids is 2. The Kier molecular flexibility index (Phi) is 5.55. The number of rotatable bonds is 2. The van der Waals surface area contributed by atoms with Crippen molar-refractivity contribution in [3.05, 3.63) is 22.2 Å². The molecule has 166 valence electrons. The molecule has 3 heterocycles. The fraction of sp³-hybridized carbons (Fsp3) is 0.632. The molecule has 1 unspecified atom stereocenters. The Morgan fingerprint density at radius 1 is 1.30 bits per heavy atom. The number of cyclic esters (lactones) is 1. The molecule has 2 aliphatic rings. The molecule has 3 rings (SSSR count). The van der Waals surface area contributed by atoms with Gasteiger partial charge in [-0.25, -0.2) is 9.59 Å². The molecule has 0 saturated carbocycles. The minimum Gasteiger partial charge on any atom is -0.452 e. The van der Waals surface area contributed by atoms with E-state index in [4.69, 9.17) is 14.2 Å². The maximum Gasteiger partial charge on any atom is 0.427 e. The van der Waals surface area contributed by atoms with Crippen molar-refractivity contribution < 1.29 is 37.0 Å². The summed E-state index contributed by atoms with van der Waals surface area (Å²) in [5.74, 6) is -2.90. The maximum absolute atomic E-state index is 13.7. The van der Waals surface area contributed by atoms with Crippen molar-refractivity contribution >= 4 is 29.4 Å². The molecular weight excluding hydrogens is 425 g/mol. The van der Waals surface area contributed by atoms with Gasteiger partial charge >= 0.3 is 18.2 Å². The van der Waals surface area contributed by atoms with Crippen molar-refractivity contribution in [2.75, 3.05) is 13.1 Å². The smallest absolute Gasteiger partial charge is 0.427 e. The molecule has 0 spiro atoms. The van der Waals surface area contributed by atoms with Gasteiger partial charge in [-0.1, -0.05) is 0 Å². The molecule has 0 bridgehead atoms. The first-order valence-electron chi connectivity index (χ1n) is 9.35. The predicted octanol–water partition coefficient (Wildman–Crippen LogP) is 4.54. The Hall–Kier alpha value is -2.30. The van der Waals surface area contributed by atoms with Crippen LogP contribution in [0, 0.1) is 0 Å². The second kappa shape index (κ2) is 7.44. The van der Waals surface area contributed by atoms with E-state index in [1.807, 2.05) is 0 Å². The van der Waals surface area contributed by atoms with E-state index in [1.54, 1.807) is 20.8 Å². The Morgan fingerprint density at radius 3 is 2.53 bits per heavy atom. The lowest BCUT2D eigenvalue weighted by molar-refractivity contribution is -0.193. The molecule has 30 heavy (non-hydrogen) atoms. The van der Waals surface area contributed by atoms with Crippen LogP contribution in [0.4, 0.5) is 18.0 Å². The first kappa shape index (κ1) is 22.4. The summed E-state index contributed by atoms with van der Waals surface area (Å²) in [5.41, 5.74) is -0.805. The molecule has 1 aromatic rings. The van der Waals surface area contributed by atoms with Crippen molar-refractivity contribution in [1.82, 2.24) is 9.27 Å². The quantitative estimate of drug-likeness (QED) is 0.619. The highest BCUT2D eigenvalue weighted by Gasteiger charge is 2.44. The number of amides is 1. The molecular formula is C19H23F3N2O5S. The number of hydrogen-bond acceptors (Lipinski definition) is 7. The summed E-state index contributed by atoms with van der Waals surface area (Å²) in [6, 6.07) is 0. The van der Waals surface area contributed by atoms with Crippen molar-refractivity contribution in [2.45, 2.75) is 64.5 Å². The fourth-order valence-electron chi connectivity index (χ4n) is 3.31. The zero-order valence-corrected chi connectivity index (χ0v) is 18.1. The largest absolute Gasteiger partial charge is 0.452 e. The lowest BCUT2D eigenvalue weighted by atomic mass is 9.97. The third-order valence-corrected chi connectivity index (χ3v) is 5.31. The number of hydrogen-bond donors (Lipinski definition) is 0. The number of aromatic nitrogens is 1. The van der Waals surface area contributed by atoms with Crippen LogP contribution in [0.15, 0.2) is 6.08 Å². The van der Waals surface area contributed by atoms with Gasteiger partial charge in [0.15, 0.2) is 0 Å².